The first-order chi connectivity index (χ1) is 24.4. The van der Waals surface area contributed by atoms with Gasteiger partial charge in [0, 0.05) is 57.1 Å². The number of piperazine rings is 1. The maximum absolute atomic E-state index is 13.3. The molecule has 0 radical (unpaired) electrons. The first kappa shape index (κ1) is 36.7. The van der Waals surface area contributed by atoms with Crippen LogP contribution in [0.1, 0.15) is 125 Å². The van der Waals surface area contributed by atoms with E-state index < -0.39 is 0 Å². The van der Waals surface area contributed by atoms with Gasteiger partial charge in [0.2, 0.25) is 11.8 Å². The number of carbonyl (C=O) groups is 2. The summed E-state index contributed by atoms with van der Waals surface area (Å²) in [6, 6.07) is 0.851. The maximum Gasteiger partial charge on any atom is 0.232 e. The van der Waals surface area contributed by atoms with Crippen LogP contribution >= 0.6 is 0 Å². The van der Waals surface area contributed by atoms with Crippen LogP contribution in [0.2, 0.25) is 0 Å². The van der Waals surface area contributed by atoms with Crippen molar-refractivity contribution >= 4 is 11.8 Å². The monoisotopic (exact) mass is 709 g/mol. The molecular weight excluding hydrogens is 636 g/mol. The molecule has 2 amide bonds. The van der Waals surface area contributed by atoms with E-state index in [4.69, 9.17) is 9.47 Å². The van der Waals surface area contributed by atoms with Crippen molar-refractivity contribution in [1.29, 1.82) is 0 Å². The van der Waals surface area contributed by atoms with E-state index in [2.05, 4.69) is 56.7 Å². The number of piperidine rings is 1. The SMILES string of the molecule is CC(C)CN1CCC(N2CCN(C(=O)CC(=O)NC3CC[C@]4(C)C5CC[C@]6(C)[C@@H]7[C@H](C[C@H]6[C@@H]5CC[C@@H]4C3)O[C@]3(CC[C@@H](C)CO3)[C@H]7C)CC2)CC1. The highest BCUT2D eigenvalue weighted by Crippen LogP contribution is 2.71. The Morgan fingerprint density at radius 1 is 0.824 bits per heavy atom. The van der Waals surface area contributed by atoms with Gasteiger partial charge in [-0.1, -0.05) is 41.5 Å². The van der Waals surface area contributed by atoms with Gasteiger partial charge in [-0.05, 0) is 136 Å². The molecule has 288 valence electrons. The molecule has 4 aliphatic carbocycles. The van der Waals surface area contributed by atoms with Crippen LogP contribution in [0.3, 0.4) is 0 Å². The first-order valence-electron chi connectivity index (χ1n) is 21.7. The fraction of sp³-hybridized carbons (Fsp3) is 0.953. The van der Waals surface area contributed by atoms with Crippen LogP contribution in [-0.2, 0) is 19.1 Å². The Morgan fingerprint density at radius 3 is 2.27 bits per heavy atom. The Kier molecular flexibility index (Phi) is 10.2. The molecule has 8 heteroatoms. The van der Waals surface area contributed by atoms with E-state index in [-0.39, 0.29) is 30.1 Å². The minimum absolute atomic E-state index is 0.00512. The van der Waals surface area contributed by atoms with Gasteiger partial charge in [-0.2, -0.15) is 0 Å². The van der Waals surface area contributed by atoms with E-state index in [1.807, 2.05) is 4.90 Å². The maximum atomic E-state index is 13.3. The lowest BCUT2D eigenvalue weighted by molar-refractivity contribution is -0.273. The highest BCUT2D eigenvalue weighted by Gasteiger charge is 2.69. The topological polar surface area (TPSA) is 74.4 Å². The van der Waals surface area contributed by atoms with Gasteiger partial charge in [0.1, 0.15) is 6.42 Å². The van der Waals surface area contributed by atoms with E-state index in [9.17, 15) is 9.59 Å². The smallest absolute Gasteiger partial charge is 0.232 e. The number of fused-ring (bicyclic) bond motifs is 7. The number of ether oxygens (including phenoxy) is 2. The van der Waals surface area contributed by atoms with Gasteiger partial charge in [0.15, 0.2) is 5.79 Å². The molecule has 4 saturated carbocycles. The van der Waals surface area contributed by atoms with Crippen molar-refractivity contribution in [2.24, 2.45) is 58.2 Å². The lowest BCUT2D eigenvalue weighted by Crippen LogP contribution is -2.56. The molecule has 4 heterocycles. The molecule has 8 fully saturated rings. The van der Waals surface area contributed by atoms with Crippen molar-refractivity contribution in [3.63, 3.8) is 0 Å². The van der Waals surface area contributed by atoms with Crippen molar-refractivity contribution in [2.45, 2.75) is 149 Å². The number of hydrogen-bond donors (Lipinski definition) is 1. The zero-order chi connectivity index (χ0) is 35.7. The summed E-state index contributed by atoms with van der Waals surface area (Å²) < 4.78 is 13.6. The molecule has 0 aromatic carbocycles. The van der Waals surface area contributed by atoms with Gasteiger partial charge < -0.3 is 24.6 Å². The number of nitrogens with zero attached hydrogens (tertiary/aromatic N) is 3. The second kappa shape index (κ2) is 14.1. The van der Waals surface area contributed by atoms with Crippen LogP contribution in [0, 0.1) is 58.2 Å². The molecule has 8 nitrogen and oxygen atoms in total. The first-order valence-corrected chi connectivity index (χ1v) is 21.7. The summed E-state index contributed by atoms with van der Waals surface area (Å²) in [5.74, 6) is 5.11. The van der Waals surface area contributed by atoms with Gasteiger partial charge in [-0.15, -0.1) is 0 Å². The number of rotatable bonds is 6. The zero-order valence-corrected chi connectivity index (χ0v) is 33.2. The molecule has 51 heavy (non-hydrogen) atoms. The second-order valence-corrected chi connectivity index (χ2v) is 20.2. The lowest BCUT2D eigenvalue weighted by atomic mass is 9.44. The third kappa shape index (κ3) is 6.64. The zero-order valence-electron chi connectivity index (χ0n) is 33.2. The van der Waals surface area contributed by atoms with Crippen molar-refractivity contribution in [3.05, 3.63) is 0 Å². The summed E-state index contributed by atoms with van der Waals surface area (Å²) in [5, 5.41) is 3.36. The van der Waals surface area contributed by atoms with Crippen molar-refractivity contribution < 1.29 is 19.1 Å². The van der Waals surface area contributed by atoms with Crippen molar-refractivity contribution in [3.8, 4) is 0 Å². The molecule has 8 rings (SSSR count). The molecule has 0 aromatic rings. The van der Waals surface area contributed by atoms with Crippen LogP contribution in [0.5, 0.6) is 0 Å². The summed E-state index contributed by atoms with van der Waals surface area (Å²) in [5.41, 5.74) is 0.722. The minimum atomic E-state index is -0.330. The Hall–Kier alpha value is -1.22. The number of hydrogen-bond acceptors (Lipinski definition) is 6. The molecule has 2 unspecified atom stereocenters. The number of amides is 2. The summed E-state index contributed by atoms with van der Waals surface area (Å²) in [6.45, 7) is 22.5. The summed E-state index contributed by atoms with van der Waals surface area (Å²) in [6.07, 6.45) is 15.0. The van der Waals surface area contributed by atoms with Crippen molar-refractivity contribution in [2.75, 3.05) is 52.4 Å². The average Bonchev–Trinajstić information content (AvgIpc) is 3.55. The molecule has 8 aliphatic rings. The summed E-state index contributed by atoms with van der Waals surface area (Å²) >= 11 is 0. The predicted octanol–water partition coefficient (Wildman–Crippen LogP) is 6.57. The van der Waals surface area contributed by atoms with Crippen LogP contribution in [-0.4, -0.2) is 103 Å². The van der Waals surface area contributed by atoms with Gasteiger partial charge >= 0.3 is 0 Å². The van der Waals surface area contributed by atoms with E-state index in [0.717, 1.165) is 75.7 Å². The largest absolute Gasteiger partial charge is 0.353 e. The molecule has 12 atom stereocenters. The Morgan fingerprint density at radius 2 is 1.57 bits per heavy atom. The van der Waals surface area contributed by atoms with E-state index in [1.165, 1.54) is 77.4 Å². The molecule has 4 saturated heterocycles. The molecular formula is C43H72N4O4. The lowest BCUT2D eigenvalue weighted by Gasteiger charge is -2.61. The molecule has 1 N–H and O–H groups in total. The predicted molar refractivity (Wildman–Crippen MR) is 201 cm³/mol. The second-order valence-electron chi connectivity index (χ2n) is 20.2. The van der Waals surface area contributed by atoms with Crippen LogP contribution in [0.15, 0.2) is 0 Å². The van der Waals surface area contributed by atoms with Gasteiger partial charge in [-0.25, -0.2) is 0 Å². The fourth-order valence-electron chi connectivity index (χ4n) is 14.3. The third-order valence-electron chi connectivity index (χ3n) is 17.0. The van der Waals surface area contributed by atoms with Gasteiger partial charge in [0.25, 0.3) is 0 Å². The quantitative estimate of drug-likeness (QED) is 0.315. The Bertz CT molecular complexity index is 1270. The highest BCUT2D eigenvalue weighted by atomic mass is 16.7. The molecule has 4 aliphatic heterocycles. The summed E-state index contributed by atoms with van der Waals surface area (Å²) in [7, 11) is 0. The van der Waals surface area contributed by atoms with Crippen LogP contribution in [0.4, 0.5) is 0 Å². The van der Waals surface area contributed by atoms with Crippen LogP contribution < -0.4 is 5.32 Å². The Balaban J connectivity index is 0.804. The molecule has 0 bridgehead atoms. The third-order valence-corrected chi connectivity index (χ3v) is 17.0. The Labute approximate surface area is 309 Å². The average molecular weight is 709 g/mol. The highest BCUT2D eigenvalue weighted by molar-refractivity contribution is 5.97. The van der Waals surface area contributed by atoms with Gasteiger partial charge in [-0.3, -0.25) is 14.5 Å². The van der Waals surface area contributed by atoms with Crippen LogP contribution in [0.25, 0.3) is 0 Å². The number of carbonyl (C=O) groups excluding carboxylic acids is 2. The van der Waals surface area contributed by atoms with Gasteiger partial charge in [0.05, 0.1) is 12.7 Å². The number of likely N-dealkylation sites (tertiary alicyclic amines) is 1. The van der Waals surface area contributed by atoms with E-state index in [1.54, 1.807) is 0 Å². The standard InChI is InChI=1S/C43H72N4O4/c1-28(2)26-45-17-12-33(13-18-45)46-19-21-47(22-20-46)39(49)25-38(48)44-32-10-14-41(5)31(23-32)7-8-34-35(41)11-15-42(6)36(34)24-37-40(42)30(4)43(51-37)16-9-29(3)27-50-43/h28-37,40H,7-27H2,1-6H3,(H,44,48)/t29-,30+,31-,32?,34-,35?,36+,37+,40+,41+,42+,43-/m1/s1. The van der Waals surface area contributed by atoms with E-state index in [0.29, 0.717) is 46.6 Å². The molecule has 1 spiro atoms. The minimum Gasteiger partial charge on any atom is -0.353 e. The number of nitrogens with one attached hydrogen (secondary N) is 1. The van der Waals surface area contributed by atoms with Crippen molar-refractivity contribution in [1.82, 2.24) is 20.0 Å². The fourth-order valence-corrected chi connectivity index (χ4v) is 14.3. The molecule has 0 aromatic heterocycles. The van der Waals surface area contributed by atoms with E-state index >= 15 is 0 Å². The summed E-state index contributed by atoms with van der Waals surface area (Å²) in [4.78, 5) is 33.7. The normalized spacial score (nSPS) is 46.4.